The summed E-state index contributed by atoms with van der Waals surface area (Å²) in [5.41, 5.74) is 2.92. The van der Waals surface area contributed by atoms with Gasteiger partial charge in [-0.2, -0.15) is 5.10 Å². The van der Waals surface area contributed by atoms with E-state index in [0.717, 1.165) is 16.0 Å². The van der Waals surface area contributed by atoms with Crippen molar-refractivity contribution in [3.63, 3.8) is 0 Å². The van der Waals surface area contributed by atoms with Crippen LogP contribution < -0.4 is 5.32 Å². The number of halogens is 1. The molecule has 0 atom stereocenters. The molecule has 3 aromatic heterocycles. The van der Waals surface area contributed by atoms with Gasteiger partial charge in [-0.3, -0.25) is 9.89 Å². The van der Waals surface area contributed by atoms with Crippen LogP contribution in [0.2, 0.25) is 0 Å². The van der Waals surface area contributed by atoms with Gasteiger partial charge in [-0.05, 0) is 47.4 Å². The summed E-state index contributed by atoms with van der Waals surface area (Å²) in [6.45, 7) is 0. The van der Waals surface area contributed by atoms with Gasteiger partial charge in [0.15, 0.2) is 0 Å². The number of pyridine rings is 1. The van der Waals surface area contributed by atoms with Crippen molar-refractivity contribution in [2.75, 3.05) is 5.32 Å². The first-order valence-electron chi connectivity index (χ1n) is 8.28. The summed E-state index contributed by atoms with van der Waals surface area (Å²) >= 11 is 1.54. The number of fused-ring (bicyclic) bond motifs is 1. The molecule has 0 aliphatic heterocycles. The highest BCUT2D eigenvalue weighted by Gasteiger charge is 2.09. The Bertz CT molecular complexity index is 1100. The van der Waals surface area contributed by atoms with E-state index in [1.807, 2.05) is 29.7 Å². The molecule has 0 aliphatic carbocycles. The van der Waals surface area contributed by atoms with E-state index in [1.54, 1.807) is 35.6 Å². The molecule has 0 fully saturated rings. The molecule has 0 aliphatic rings. The first-order valence-corrected chi connectivity index (χ1v) is 9.16. The van der Waals surface area contributed by atoms with Gasteiger partial charge < -0.3 is 5.32 Å². The number of nitrogens with zero attached hydrogens (tertiary/aromatic N) is 2. The van der Waals surface area contributed by atoms with E-state index in [-0.39, 0.29) is 11.7 Å². The second-order valence-electron chi connectivity index (χ2n) is 5.89. The van der Waals surface area contributed by atoms with Gasteiger partial charge in [0.05, 0.1) is 11.9 Å². The lowest BCUT2D eigenvalue weighted by atomic mass is 10.2. The zero-order valence-electron chi connectivity index (χ0n) is 14.1. The topological polar surface area (TPSA) is 70.7 Å². The Kier molecular flexibility index (Phi) is 4.76. The third-order valence-electron chi connectivity index (χ3n) is 3.92. The van der Waals surface area contributed by atoms with Gasteiger partial charge in [0, 0.05) is 4.88 Å². The molecule has 0 saturated heterocycles. The van der Waals surface area contributed by atoms with Crippen LogP contribution in [-0.2, 0) is 11.2 Å². The van der Waals surface area contributed by atoms with Gasteiger partial charge in [0.1, 0.15) is 22.8 Å². The first-order chi connectivity index (χ1) is 13.2. The number of aromatic amines is 1. The molecular weight excluding hydrogens is 363 g/mol. The van der Waals surface area contributed by atoms with E-state index in [2.05, 4.69) is 20.5 Å². The maximum Gasteiger partial charge on any atom is 0.230 e. The second-order valence-corrected chi connectivity index (χ2v) is 6.92. The predicted molar refractivity (Wildman–Crippen MR) is 106 cm³/mol. The predicted octanol–water partition coefficient (Wildman–Crippen LogP) is 4.51. The maximum atomic E-state index is 13.0. The lowest BCUT2D eigenvalue weighted by Gasteiger charge is -2.03. The SMILES string of the molecule is O=C(Cc1cccs1)Nc1ccc2[nH]nc(/C=C/c3ccc(F)cc3)c2n1. The zero-order chi connectivity index (χ0) is 18.6. The number of anilines is 1. The Morgan fingerprint density at radius 3 is 2.78 bits per heavy atom. The minimum atomic E-state index is -0.276. The molecule has 3 heterocycles. The minimum Gasteiger partial charge on any atom is -0.310 e. The summed E-state index contributed by atoms with van der Waals surface area (Å²) in [6.07, 6.45) is 3.95. The fraction of sp³-hybridized carbons (Fsp3) is 0.0500. The van der Waals surface area contributed by atoms with Crippen LogP contribution in [0.25, 0.3) is 23.2 Å². The number of thiophene rings is 1. The quantitative estimate of drug-likeness (QED) is 0.537. The largest absolute Gasteiger partial charge is 0.310 e. The highest BCUT2D eigenvalue weighted by atomic mass is 32.1. The molecule has 5 nitrogen and oxygen atoms in total. The number of amides is 1. The van der Waals surface area contributed by atoms with Gasteiger partial charge in [-0.25, -0.2) is 9.37 Å². The van der Waals surface area contributed by atoms with Crippen molar-refractivity contribution in [2.24, 2.45) is 0 Å². The first kappa shape index (κ1) is 17.1. The van der Waals surface area contributed by atoms with Gasteiger partial charge in [-0.1, -0.05) is 24.3 Å². The Morgan fingerprint density at radius 2 is 2.00 bits per heavy atom. The smallest absolute Gasteiger partial charge is 0.230 e. The van der Waals surface area contributed by atoms with Crippen LogP contribution in [0.3, 0.4) is 0 Å². The molecule has 0 unspecified atom stereocenters. The van der Waals surface area contributed by atoms with Gasteiger partial charge in [-0.15, -0.1) is 11.3 Å². The Hall–Kier alpha value is -3.32. The zero-order valence-corrected chi connectivity index (χ0v) is 15.0. The average molecular weight is 378 g/mol. The van der Waals surface area contributed by atoms with Crippen LogP contribution in [0.5, 0.6) is 0 Å². The number of aromatic nitrogens is 3. The number of benzene rings is 1. The molecule has 7 heteroatoms. The highest BCUT2D eigenvalue weighted by Crippen LogP contribution is 2.19. The molecular formula is C20H15FN4OS. The molecule has 1 aromatic carbocycles. The van der Waals surface area contributed by atoms with Crippen molar-refractivity contribution >= 4 is 46.2 Å². The molecule has 1 amide bonds. The molecule has 4 aromatic rings. The number of carbonyl (C=O) groups is 1. The second kappa shape index (κ2) is 7.51. The molecule has 0 saturated carbocycles. The summed E-state index contributed by atoms with van der Waals surface area (Å²) in [5.74, 6) is 0.0834. The van der Waals surface area contributed by atoms with Crippen LogP contribution in [0, 0.1) is 5.82 Å². The summed E-state index contributed by atoms with van der Waals surface area (Å²) in [6, 6.07) is 13.6. The van der Waals surface area contributed by atoms with E-state index < -0.39 is 0 Å². The normalized spacial score (nSPS) is 11.3. The third kappa shape index (κ3) is 4.09. The van der Waals surface area contributed by atoms with Crippen molar-refractivity contribution in [2.45, 2.75) is 6.42 Å². The van der Waals surface area contributed by atoms with Crippen LogP contribution in [0.15, 0.2) is 53.9 Å². The Labute approximate surface area is 158 Å². The minimum absolute atomic E-state index is 0.115. The molecule has 27 heavy (non-hydrogen) atoms. The number of hydrogen-bond donors (Lipinski definition) is 2. The number of rotatable bonds is 5. The van der Waals surface area contributed by atoms with E-state index in [9.17, 15) is 9.18 Å². The highest BCUT2D eigenvalue weighted by molar-refractivity contribution is 7.10. The molecule has 134 valence electrons. The molecule has 0 spiro atoms. The van der Waals surface area contributed by atoms with E-state index in [1.165, 1.54) is 12.1 Å². The number of carbonyl (C=O) groups excluding carboxylic acids is 1. The van der Waals surface area contributed by atoms with Crippen molar-refractivity contribution in [1.29, 1.82) is 0 Å². The molecule has 0 bridgehead atoms. The van der Waals surface area contributed by atoms with Crippen molar-refractivity contribution in [1.82, 2.24) is 15.2 Å². The number of H-pyrrole nitrogens is 1. The van der Waals surface area contributed by atoms with Gasteiger partial charge >= 0.3 is 0 Å². The van der Waals surface area contributed by atoms with Crippen molar-refractivity contribution in [3.05, 3.63) is 75.9 Å². The molecule has 4 rings (SSSR count). The average Bonchev–Trinajstić information content (AvgIpc) is 3.31. The van der Waals surface area contributed by atoms with Gasteiger partial charge in [0.25, 0.3) is 0 Å². The standard InChI is InChI=1S/C20H15FN4OS/c21-14-6-3-13(4-7-14)5-8-16-20-17(25-24-16)9-10-18(23-20)22-19(26)12-15-2-1-11-27-15/h1-11H,12H2,(H,24,25)(H,22,23,26)/b8-5+. The Balaban J connectivity index is 1.53. The number of hydrogen-bond acceptors (Lipinski definition) is 4. The van der Waals surface area contributed by atoms with E-state index >= 15 is 0 Å². The van der Waals surface area contributed by atoms with Crippen LogP contribution >= 0.6 is 11.3 Å². The van der Waals surface area contributed by atoms with E-state index in [0.29, 0.717) is 23.4 Å². The van der Waals surface area contributed by atoms with Crippen molar-refractivity contribution < 1.29 is 9.18 Å². The Morgan fingerprint density at radius 1 is 1.15 bits per heavy atom. The lowest BCUT2D eigenvalue weighted by molar-refractivity contribution is -0.115. The summed E-state index contributed by atoms with van der Waals surface area (Å²) in [7, 11) is 0. The van der Waals surface area contributed by atoms with Crippen LogP contribution in [0.1, 0.15) is 16.1 Å². The van der Waals surface area contributed by atoms with Crippen LogP contribution in [-0.4, -0.2) is 21.1 Å². The monoisotopic (exact) mass is 378 g/mol. The van der Waals surface area contributed by atoms with E-state index in [4.69, 9.17) is 0 Å². The third-order valence-corrected chi connectivity index (χ3v) is 4.80. The summed E-state index contributed by atoms with van der Waals surface area (Å²) in [5, 5.41) is 11.9. The molecule has 0 radical (unpaired) electrons. The van der Waals surface area contributed by atoms with Crippen molar-refractivity contribution in [3.8, 4) is 0 Å². The fourth-order valence-electron chi connectivity index (χ4n) is 2.61. The lowest BCUT2D eigenvalue weighted by Crippen LogP contribution is -2.14. The van der Waals surface area contributed by atoms with Crippen LogP contribution in [0.4, 0.5) is 10.2 Å². The fourth-order valence-corrected chi connectivity index (χ4v) is 3.31. The van der Waals surface area contributed by atoms with Gasteiger partial charge in [0.2, 0.25) is 5.91 Å². The number of nitrogens with one attached hydrogen (secondary N) is 2. The summed E-state index contributed by atoms with van der Waals surface area (Å²) < 4.78 is 13.0. The summed E-state index contributed by atoms with van der Waals surface area (Å²) in [4.78, 5) is 17.7. The maximum absolute atomic E-state index is 13.0. The molecule has 2 N–H and O–H groups in total.